The van der Waals surface area contributed by atoms with Gasteiger partial charge in [-0.15, -0.1) is 0 Å². The lowest BCUT2D eigenvalue weighted by molar-refractivity contribution is -0.164. The van der Waals surface area contributed by atoms with E-state index in [4.69, 9.17) is 15.2 Å². The summed E-state index contributed by atoms with van der Waals surface area (Å²) in [6.45, 7) is 20.2. The minimum atomic E-state index is -0.958. The Balaban J connectivity index is 0.00000235. The van der Waals surface area contributed by atoms with Gasteiger partial charge in [0.15, 0.2) is 6.10 Å². The Morgan fingerprint density at radius 1 is 0.838 bits per heavy atom. The molecule has 0 bridgehead atoms. The number of ether oxygens (including phenoxy) is 2. The van der Waals surface area contributed by atoms with Gasteiger partial charge in [-0.2, -0.15) is 0 Å². The molecule has 1 unspecified atom stereocenters. The lowest BCUT2D eigenvalue weighted by atomic mass is 9.84. The summed E-state index contributed by atoms with van der Waals surface area (Å²) in [5.41, 5.74) is 17.1. The molecule has 0 saturated carbocycles. The quantitative estimate of drug-likeness (QED) is 0.247. The van der Waals surface area contributed by atoms with Gasteiger partial charge in [-0.3, -0.25) is 0 Å². The molecule has 0 radical (unpaired) electrons. The summed E-state index contributed by atoms with van der Waals surface area (Å²) < 4.78 is 12.1. The van der Waals surface area contributed by atoms with Gasteiger partial charge in [0.05, 0.1) is 18.4 Å². The predicted molar refractivity (Wildman–Crippen MR) is 160 cm³/mol. The number of carbonyl (C=O) groups is 1. The summed E-state index contributed by atoms with van der Waals surface area (Å²) in [5, 5.41) is 0. The van der Waals surface area contributed by atoms with E-state index in [-0.39, 0.29) is 0 Å². The Labute approximate surface area is 231 Å². The second-order valence-electron chi connectivity index (χ2n) is 10.2. The standard InChI is InChI=1S/C30H36BrNO3.C2H6/c1-16-10-12-21(14-18(16)3)23-20(5)24(22-13-11-17(2)19(4)15-22)27(32)26(31)25(23)28(29(33)34-9)35-30(6,7)8;1-2/h10-15,28H,32H2,1-9H3;1-2H3. The summed E-state index contributed by atoms with van der Waals surface area (Å²) in [6.07, 6.45) is -0.958. The Kier molecular flexibility index (Phi) is 10.2. The topological polar surface area (TPSA) is 61.5 Å². The first kappa shape index (κ1) is 30.6. The van der Waals surface area contributed by atoms with E-state index in [1.807, 2.05) is 34.6 Å². The number of esters is 1. The van der Waals surface area contributed by atoms with Gasteiger partial charge in [0.2, 0.25) is 0 Å². The van der Waals surface area contributed by atoms with Crippen molar-refractivity contribution in [1.29, 1.82) is 0 Å². The Morgan fingerprint density at radius 3 is 1.70 bits per heavy atom. The van der Waals surface area contributed by atoms with Crippen LogP contribution in [-0.4, -0.2) is 18.7 Å². The van der Waals surface area contributed by atoms with E-state index < -0.39 is 17.7 Å². The third kappa shape index (κ3) is 6.63. The third-order valence-corrected chi connectivity index (χ3v) is 7.36. The summed E-state index contributed by atoms with van der Waals surface area (Å²) in [6, 6.07) is 12.7. The van der Waals surface area contributed by atoms with E-state index >= 15 is 0 Å². The number of benzene rings is 3. The Bertz CT molecular complexity index is 1290. The number of aryl methyl sites for hydroxylation is 4. The summed E-state index contributed by atoms with van der Waals surface area (Å²) in [7, 11) is 1.38. The number of nitrogen functional groups attached to an aromatic ring is 1. The molecule has 2 N–H and O–H groups in total. The third-order valence-electron chi connectivity index (χ3n) is 6.50. The fraction of sp³-hybridized carbons (Fsp3) is 0.406. The van der Waals surface area contributed by atoms with Crippen LogP contribution in [0.3, 0.4) is 0 Å². The summed E-state index contributed by atoms with van der Waals surface area (Å²) in [5.74, 6) is -0.469. The maximum Gasteiger partial charge on any atom is 0.339 e. The molecule has 5 heteroatoms. The van der Waals surface area contributed by atoms with Gasteiger partial charge in [-0.25, -0.2) is 4.79 Å². The van der Waals surface area contributed by atoms with E-state index in [2.05, 4.69) is 86.9 Å². The second kappa shape index (κ2) is 12.3. The fourth-order valence-corrected chi connectivity index (χ4v) is 4.97. The maximum absolute atomic E-state index is 13.1. The van der Waals surface area contributed by atoms with Crippen LogP contribution in [-0.2, 0) is 14.3 Å². The minimum Gasteiger partial charge on any atom is -0.467 e. The number of rotatable bonds is 5. The van der Waals surface area contributed by atoms with Gasteiger partial charge in [0.25, 0.3) is 0 Å². The molecule has 0 heterocycles. The molecule has 3 aromatic rings. The molecule has 3 rings (SSSR count). The normalized spacial score (nSPS) is 12.0. The van der Waals surface area contributed by atoms with Gasteiger partial charge < -0.3 is 15.2 Å². The molecule has 0 spiro atoms. The van der Waals surface area contributed by atoms with Crippen molar-refractivity contribution >= 4 is 27.6 Å². The zero-order chi connectivity index (χ0) is 28.2. The molecule has 1 atom stereocenters. The van der Waals surface area contributed by atoms with Crippen LogP contribution in [0.25, 0.3) is 22.3 Å². The number of nitrogens with two attached hydrogens (primary N) is 1. The minimum absolute atomic E-state index is 0.469. The summed E-state index contributed by atoms with van der Waals surface area (Å²) >= 11 is 3.77. The van der Waals surface area contributed by atoms with Gasteiger partial charge in [0.1, 0.15) is 0 Å². The molecule has 0 aliphatic rings. The molecule has 3 aromatic carbocycles. The van der Waals surface area contributed by atoms with Crippen LogP contribution in [0.15, 0.2) is 40.9 Å². The first-order chi connectivity index (χ1) is 17.3. The highest BCUT2D eigenvalue weighted by atomic mass is 79.9. The van der Waals surface area contributed by atoms with E-state index in [0.717, 1.165) is 27.8 Å². The van der Waals surface area contributed by atoms with Gasteiger partial charge in [-0.1, -0.05) is 50.2 Å². The molecule has 0 amide bonds. The monoisotopic (exact) mass is 567 g/mol. The van der Waals surface area contributed by atoms with Crippen LogP contribution in [0.5, 0.6) is 0 Å². The number of hydrogen-bond donors (Lipinski definition) is 1. The number of anilines is 1. The second-order valence-corrected chi connectivity index (χ2v) is 11.0. The van der Waals surface area contributed by atoms with Crippen LogP contribution in [0, 0.1) is 34.6 Å². The van der Waals surface area contributed by atoms with Crippen molar-refractivity contribution in [3.8, 4) is 22.3 Å². The van der Waals surface area contributed by atoms with Crippen LogP contribution < -0.4 is 5.73 Å². The van der Waals surface area contributed by atoms with Gasteiger partial charge in [-0.05, 0) is 116 Å². The van der Waals surface area contributed by atoms with Crippen molar-refractivity contribution in [3.63, 3.8) is 0 Å². The van der Waals surface area contributed by atoms with Crippen molar-refractivity contribution in [2.45, 2.75) is 80.9 Å². The number of methoxy groups -OCH3 is 1. The van der Waals surface area contributed by atoms with E-state index in [1.165, 1.54) is 29.4 Å². The predicted octanol–water partition coefficient (Wildman–Crippen LogP) is 8.96. The van der Waals surface area contributed by atoms with Crippen molar-refractivity contribution in [2.24, 2.45) is 0 Å². The van der Waals surface area contributed by atoms with Gasteiger partial charge >= 0.3 is 5.97 Å². The zero-order valence-electron chi connectivity index (χ0n) is 24.2. The zero-order valence-corrected chi connectivity index (χ0v) is 25.8. The molecule has 0 aliphatic carbocycles. The highest BCUT2D eigenvalue weighted by Gasteiger charge is 2.35. The van der Waals surface area contributed by atoms with Crippen LogP contribution in [0.2, 0.25) is 0 Å². The average Bonchev–Trinajstić information content (AvgIpc) is 2.84. The molecule has 0 aliphatic heterocycles. The SMILES string of the molecule is CC.COC(=O)C(OC(C)(C)C)c1c(Br)c(N)c(-c2ccc(C)c(C)c2)c(C)c1-c1ccc(C)c(C)c1. The van der Waals surface area contributed by atoms with E-state index in [0.29, 0.717) is 15.7 Å². The number of halogens is 1. The van der Waals surface area contributed by atoms with Crippen molar-refractivity contribution in [2.75, 3.05) is 12.8 Å². The largest absolute Gasteiger partial charge is 0.467 e. The molecule has 0 saturated heterocycles. The number of hydrogen-bond acceptors (Lipinski definition) is 4. The summed E-state index contributed by atoms with van der Waals surface area (Å²) in [4.78, 5) is 13.1. The van der Waals surface area contributed by atoms with Crippen LogP contribution in [0.4, 0.5) is 5.69 Å². The molecule has 0 fully saturated rings. The highest BCUT2D eigenvalue weighted by Crippen LogP contribution is 2.48. The van der Waals surface area contributed by atoms with Crippen LogP contribution in [0.1, 0.15) is 74.1 Å². The fourth-order valence-electron chi connectivity index (χ4n) is 4.36. The van der Waals surface area contributed by atoms with E-state index in [1.54, 1.807) is 0 Å². The highest BCUT2D eigenvalue weighted by molar-refractivity contribution is 9.10. The lowest BCUT2D eigenvalue weighted by Crippen LogP contribution is -2.29. The molecule has 37 heavy (non-hydrogen) atoms. The Morgan fingerprint density at radius 2 is 1.30 bits per heavy atom. The molecule has 4 nitrogen and oxygen atoms in total. The van der Waals surface area contributed by atoms with Crippen LogP contribution >= 0.6 is 15.9 Å². The average molecular weight is 569 g/mol. The first-order valence-corrected chi connectivity index (χ1v) is 13.6. The van der Waals surface area contributed by atoms with E-state index in [9.17, 15) is 4.79 Å². The molecular formula is C32H42BrNO3. The first-order valence-electron chi connectivity index (χ1n) is 12.8. The van der Waals surface area contributed by atoms with Crippen molar-refractivity contribution < 1.29 is 14.3 Å². The van der Waals surface area contributed by atoms with Gasteiger partial charge in [0, 0.05) is 15.6 Å². The Hall–Kier alpha value is -2.63. The molecule has 0 aromatic heterocycles. The van der Waals surface area contributed by atoms with Crippen molar-refractivity contribution in [1.82, 2.24) is 0 Å². The lowest BCUT2D eigenvalue weighted by Gasteiger charge is -2.30. The number of carbonyl (C=O) groups excluding carboxylic acids is 1. The maximum atomic E-state index is 13.1. The molecule has 200 valence electrons. The smallest absolute Gasteiger partial charge is 0.339 e. The van der Waals surface area contributed by atoms with Crippen molar-refractivity contribution in [3.05, 3.63) is 74.3 Å². The molecular weight excluding hydrogens is 526 g/mol.